The van der Waals surface area contributed by atoms with E-state index in [4.69, 9.17) is 4.74 Å². The van der Waals surface area contributed by atoms with Crippen molar-refractivity contribution < 1.29 is 18.3 Å². The first-order valence-corrected chi connectivity index (χ1v) is 9.79. The summed E-state index contributed by atoms with van der Waals surface area (Å²) in [7, 11) is 0. The van der Waals surface area contributed by atoms with Crippen molar-refractivity contribution in [2.24, 2.45) is 5.41 Å². The Morgan fingerprint density at radius 1 is 1.18 bits per heavy atom. The van der Waals surface area contributed by atoms with Crippen LogP contribution in [0.2, 0.25) is 0 Å². The average molecular weight is 388 g/mol. The number of hydrogen-bond donors (Lipinski definition) is 0. The van der Waals surface area contributed by atoms with Gasteiger partial charge < -0.3 is 14.2 Å². The fourth-order valence-electron chi connectivity index (χ4n) is 4.71. The first-order chi connectivity index (χ1) is 13.6. The number of hydrogen-bond acceptors (Lipinski definition) is 4. The molecule has 3 fully saturated rings. The maximum atomic E-state index is 13.6. The zero-order valence-electron chi connectivity index (χ0n) is 15.5. The molecule has 1 saturated carbocycles. The fraction of sp³-hybridized carbons (Fsp3) is 0.550. The van der Waals surface area contributed by atoms with Gasteiger partial charge in [0.25, 0.3) is 5.91 Å². The molecule has 148 valence electrons. The van der Waals surface area contributed by atoms with Crippen LogP contribution in [0.1, 0.15) is 53.8 Å². The molecule has 6 nitrogen and oxygen atoms in total. The third-order valence-corrected chi connectivity index (χ3v) is 6.44. The number of benzene rings is 1. The van der Waals surface area contributed by atoms with E-state index in [1.165, 1.54) is 6.07 Å². The minimum Gasteiger partial charge on any atom is -0.381 e. The molecular weight excluding hydrogens is 366 g/mol. The van der Waals surface area contributed by atoms with Crippen molar-refractivity contribution in [3.63, 3.8) is 0 Å². The summed E-state index contributed by atoms with van der Waals surface area (Å²) >= 11 is 0. The maximum absolute atomic E-state index is 13.6. The lowest BCUT2D eigenvalue weighted by Gasteiger charge is -2.37. The molecule has 2 aliphatic heterocycles. The van der Waals surface area contributed by atoms with Crippen LogP contribution >= 0.6 is 0 Å². The number of carbonyl (C=O) groups is 1. The summed E-state index contributed by atoms with van der Waals surface area (Å²) in [6.45, 7) is 2.38. The van der Waals surface area contributed by atoms with Crippen molar-refractivity contribution in [2.75, 3.05) is 26.3 Å². The van der Waals surface area contributed by atoms with Crippen molar-refractivity contribution in [3.05, 3.63) is 47.5 Å². The first-order valence-electron chi connectivity index (χ1n) is 9.79. The van der Waals surface area contributed by atoms with Crippen molar-refractivity contribution in [2.45, 2.75) is 37.6 Å². The second-order valence-electron chi connectivity index (χ2n) is 8.17. The third-order valence-electron chi connectivity index (χ3n) is 6.44. The lowest BCUT2D eigenvalue weighted by atomic mass is 9.71. The molecule has 0 N–H and O–H groups in total. The Morgan fingerprint density at radius 2 is 1.96 bits per heavy atom. The summed E-state index contributed by atoms with van der Waals surface area (Å²) in [5.41, 5.74) is 0.0528. The summed E-state index contributed by atoms with van der Waals surface area (Å²) in [6.07, 6.45) is 5.74. The number of likely N-dealkylation sites (tertiary alicyclic amines) is 1. The number of carbonyl (C=O) groups excluding carboxylic acids is 1. The van der Waals surface area contributed by atoms with Crippen molar-refractivity contribution in [1.29, 1.82) is 0 Å². The Morgan fingerprint density at radius 3 is 2.68 bits per heavy atom. The average Bonchev–Trinajstić information content (AvgIpc) is 3.33. The highest BCUT2D eigenvalue weighted by atomic mass is 19.2. The zero-order valence-corrected chi connectivity index (χ0v) is 15.5. The fourth-order valence-corrected chi connectivity index (χ4v) is 4.71. The standard InChI is InChI=1S/C20H22F2N4O2/c21-16-4-1-13(9-17(16)22)19(27)25-10-15(20(11-25)5-7-28-8-6-20)18-24-23-12-26(18)14-2-3-14/h1,4,9,12,14-15H,2-3,5-8,10-11H2. The number of halogens is 2. The molecule has 8 heteroatoms. The minimum atomic E-state index is -1.00. The Hall–Kier alpha value is -2.35. The monoisotopic (exact) mass is 388 g/mol. The molecule has 1 amide bonds. The van der Waals surface area contributed by atoms with E-state index in [0.29, 0.717) is 32.3 Å². The van der Waals surface area contributed by atoms with E-state index in [0.717, 1.165) is 43.6 Å². The minimum absolute atomic E-state index is 0.0637. The molecule has 1 aromatic carbocycles. The van der Waals surface area contributed by atoms with E-state index >= 15 is 0 Å². The Kier molecular flexibility index (Phi) is 4.19. The maximum Gasteiger partial charge on any atom is 0.254 e. The molecule has 3 aliphatic rings. The molecule has 1 aromatic heterocycles. The topological polar surface area (TPSA) is 60.2 Å². The molecule has 3 heterocycles. The van der Waals surface area contributed by atoms with Crippen LogP contribution in [0.25, 0.3) is 0 Å². The van der Waals surface area contributed by atoms with Gasteiger partial charge in [0.15, 0.2) is 11.6 Å². The highest BCUT2D eigenvalue weighted by Crippen LogP contribution is 2.50. The molecule has 1 atom stereocenters. The van der Waals surface area contributed by atoms with Gasteiger partial charge in [-0.3, -0.25) is 4.79 Å². The molecular formula is C20H22F2N4O2. The molecule has 28 heavy (non-hydrogen) atoms. The van der Waals surface area contributed by atoms with Crippen molar-refractivity contribution in [1.82, 2.24) is 19.7 Å². The van der Waals surface area contributed by atoms with Crippen LogP contribution in [0, 0.1) is 17.0 Å². The van der Waals surface area contributed by atoms with Gasteiger partial charge in [-0.25, -0.2) is 8.78 Å². The van der Waals surface area contributed by atoms with Gasteiger partial charge in [-0.2, -0.15) is 0 Å². The van der Waals surface area contributed by atoms with Gasteiger partial charge in [0, 0.05) is 49.2 Å². The Balaban J connectivity index is 1.47. The van der Waals surface area contributed by atoms with Crippen molar-refractivity contribution >= 4 is 5.91 Å². The third kappa shape index (κ3) is 2.90. The van der Waals surface area contributed by atoms with Crippen LogP contribution in [0.3, 0.4) is 0 Å². The van der Waals surface area contributed by atoms with E-state index in [9.17, 15) is 13.6 Å². The second-order valence-corrected chi connectivity index (χ2v) is 8.17. The van der Waals surface area contributed by atoms with Crippen molar-refractivity contribution in [3.8, 4) is 0 Å². The van der Waals surface area contributed by atoms with E-state index in [1.807, 2.05) is 0 Å². The van der Waals surface area contributed by atoms with Gasteiger partial charge >= 0.3 is 0 Å². The van der Waals surface area contributed by atoms with E-state index < -0.39 is 11.6 Å². The second kappa shape index (κ2) is 6.62. The van der Waals surface area contributed by atoms with Gasteiger partial charge in [0.1, 0.15) is 12.2 Å². The summed E-state index contributed by atoms with van der Waals surface area (Å²) in [5.74, 6) is -1.23. The van der Waals surface area contributed by atoms with Gasteiger partial charge in [0.05, 0.1) is 0 Å². The molecule has 1 aliphatic carbocycles. The van der Waals surface area contributed by atoms with E-state index in [2.05, 4.69) is 14.8 Å². The first kappa shape index (κ1) is 17.7. The summed E-state index contributed by atoms with van der Waals surface area (Å²) in [5, 5.41) is 8.57. The number of ether oxygens (including phenoxy) is 1. The lowest BCUT2D eigenvalue weighted by Crippen LogP contribution is -2.37. The largest absolute Gasteiger partial charge is 0.381 e. The number of amides is 1. The molecule has 5 rings (SSSR count). The highest BCUT2D eigenvalue weighted by molar-refractivity contribution is 5.94. The molecule has 0 radical (unpaired) electrons. The predicted octanol–water partition coefficient (Wildman–Crippen LogP) is 2.93. The predicted molar refractivity (Wildman–Crippen MR) is 95.8 cm³/mol. The molecule has 0 bridgehead atoms. The number of rotatable bonds is 3. The van der Waals surface area contributed by atoms with Gasteiger partial charge in [-0.15, -0.1) is 10.2 Å². The SMILES string of the molecule is O=C(c1ccc(F)c(F)c1)N1CC(c2nncn2C2CC2)C2(CCOCC2)C1. The van der Waals surface area contributed by atoms with Gasteiger partial charge in [-0.1, -0.05) is 0 Å². The highest BCUT2D eigenvalue weighted by Gasteiger charge is 2.51. The zero-order chi connectivity index (χ0) is 19.3. The molecule has 1 spiro atoms. The van der Waals surface area contributed by atoms with Crippen LogP contribution in [-0.4, -0.2) is 51.9 Å². The van der Waals surface area contributed by atoms with E-state index in [-0.39, 0.29) is 22.8 Å². The number of nitrogens with zero attached hydrogens (tertiary/aromatic N) is 4. The normalized spacial score (nSPS) is 24.1. The molecule has 2 aromatic rings. The lowest BCUT2D eigenvalue weighted by molar-refractivity contribution is 0.0107. The number of aromatic nitrogens is 3. The molecule has 1 unspecified atom stereocenters. The summed E-state index contributed by atoms with van der Waals surface area (Å²) in [4.78, 5) is 14.8. The summed E-state index contributed by atoms with van der Waals surface area (Å²) in [6, 6.07) is 3.79. The Labute approximate surface area is 161 Å². The van der Waals surface area contributed by atoms with Crippen LogP contribution in [0.5, 0.6) is 0 Å². The van der Waals surface area contributed by atoms with Gasteiger partial charge in [-0.05, 0) is 43.9 Å². The van der Waals surface area contributed by atoms with E-state index in [1.54, 1.807) is 11.2 Å². The summed E-state index contributed by atoms with van der Waals surface area (Å²) < 4.78 is 34.7. The smallest absolute Gasteiger partial charge is 0.254 e. The van der Waals surface area contributed by atoms with Gasteiger partial charge in [0.2, 0.25) is 0 Å². The molecule has 2 saturated heterocycles. The van der Waals surface area contributed by atoms with Crippen LogP contribution in [0.15, 0.2) is 24.5 Å². The Bertz CT molecular complexity index is 905. The van der Waals surface area contributed by atoms with Crippen LogP contribution < -0.4 is 0 Å². The van der Waals surface area contributed by atoms with Crippen LogP contribution in [0.4, 0.5) is 8.78 Å². The van der Waals surface area contributed by atoms with Crippen LogP contribution in [-0.2, 0) is 4.74 Å². The quantitative estimate of drug-likeness (QED) is 0.811.